The van der Waals surface area contributed by atoms with Crippen LogP contribution in [0.1, 0.15) is 25.3 Å². The maximum Gasteiger partial charge on any atom is 0.0382 e. The molecule has 24 heavy (non-hydrogen) atoms. The van der Waals surface area contributed by atoms with Crippen molar-refractivity contribution in [2.45, 2.75) is 26.2 Å². The van der Waals surface area contributed by atoms with E-state index in [-0.39, 0.29) is 0 Å². The molecule has 0 unspecified atom stereocenters. The van der Waals surface area contributed by atoms with Crippen LogP contribution in [0.25, 0.3) is 0 Å². The Morgan fingerprint density at radius 3 is 1.75 bits per heavy atom. The molecule has 122 valence electrons. The summed E-state index contributed by atoms with van der Waals surface area (Å²) in [6, 6.07) is 28.1. The number of rotatable bonds is 6. The molecule has 0 heterocycles. The molecule has 0 nitrogen and oxygen atoms in total. The van der Waals surface area contributed by atoms with E-state index in [4.69, 9.17) is 11.8 Å². The van der Waals surface area contributed by atoms with Crippen molar-refractivity contribution in [1.29, 1.82) is 0 Å². The van der Waals surface area contributed by atoms with Crippen LogP contribution in [0.4, 0.5) is 0 Å². The zero-order valence-corrected chi connectivity index (χ0v) is 15.8. The summed E-state index contributed by atoms with van der Waals surface area (Å²) >= 11 is 6.45. The molecule has 0 aliphatic carbocycles. The fourth-order valence-corrected chi connectivity index (χ4v) is 7.29. The minimum atomic E-state index is -2.02. The summed E-state index contributed by atoms with van der Waals surface area (Å²) in [5.41, 5.74) is 1.41. The molecule has 0 N–H and O–H groups in total. The number of hydrogen-bond acceptors (Lipinski definition) is 1. The first-order valence-electron chi connectivity index (χ1n) is 8.56. The lowest BCUT2D eigenvalue weighted by Gasteiger charge is -2.26. The fourth-order valence-electron chi connectivity index (χ4n) is 3.10. The molecule has 0 saturated heterocycles. The second kappa shape index (κ2) is 7.92. The Labute approximate surface area is 150 Å². The monoisotopic (exact) mass is 350 g/mol. The molecule has 0 amide bonds. The summed E-state index contributed by atoms with van der Waals surface area (Å²) in [6.45, 7) is 2.24. The average Bonchev–Trinajstić information content (AvgIpc) is 2.67. The van der Waals surface area contributed by atoms with Gasteiger partial charge in [0.2, 0.25) is 0 Å². The Bertz CT molecular complexity index is 781. The van der Waals surface area contributed by atoms with Crippen LogP contribution in [0.15, 0.2) is 84.9 Å². The van der Waals surface area contributed by atoms with Crippen molar-refractivity contribution < 1.29 is 0 Å². The Kier molecular flexibility index (Phi) is 5.66. The molecule has 0 fully saturated rings. The second-order valence-electron chi connectivity index (χ2n) is 6.01. The molecule has 0 saturated carbocycles. The van der Waals surface area contributed by atoms with Gasteiger partial charge in [-0.25, -0.2) is 0 Å². The van der Waals surface area contributed by atoms with Crippen LogP contribution in [0.2, 0.25) is 0 Å². The highest BCUT2D eigenvalue weighted by Crippen LogP contribution is 2.43. The maximum atomic E-state index is 6.45. The van der Waals surface area contributed by atoms with Gasteiger partial charge in [-0.2, -0.15) is 0 Å². The molecule has 0 radical (unpaired) electrons. The van der Waals surface area contributed by atoms with Crippen LogP contribution in [0.3, 0.4) is 0 Å². The minimum Gasteiger partial charge on any atom is -0.0826 e. The Morgan fingerprint density at radius 1 is 0.708 bits per heavy atom. The van der Waals surface area contributed by atoms with Crippen molar-refractivity contribution in [1.82, 2.24) is 0 Å². The zero-order chi connectivity index (χ0) is 16.8. The van der Waals surface area contributed by atoms with Gasteiger partial charge >= 0.3 is 0 Å². The van der Waals surface area contributed by atoms with E-state index in [0.29, 0.717) is 0 Å². The van der Waals surface area contributed by atoms with Crippen LogP contribution in [-0.4, -0.2) is 0 Å². The zero-order valence-electron chi connectivity index (χ0n) is 14.1. The SMILES string of the molecule is CCCCc1ccccc1P(=S)(c1ccccc1)c1ccccc1. The molecular formula is C22H23PS. The molecule has 3 rings (SSSR count). The summed E-state index contributed by atoms with van der Waals surface area (Å²) in [5.74, 6) is 0. The lowest BCUT2D eigenvalue weighted by Crippen LogP contribution is -2.27. The Morgan fingerprint density at radius 2 is 1.21 bits per heavy atom. The van der Waals surface area contributed by atoms with Gasteiger partial charge in [0.25, 0.3) is 0 Å². The third-order valence-corrected chi connectivity index (χ3v) is 9.39. The number of benzene rings is 3. The molecule has 0 atom stereocenters. The topological polar surface area (TPSA) is 0 Å². The van der Waals surface area contributed by atoms with Crippen LogP contribution in [0.5, 0.6) is 0 Å². The highest BCUT2D eigenvalue weighted by molar-refractivity contribution is 8.25. The summed E-state index contributed by atoms with van der Waals surface area (Å²) in [4.78, 5) is 0. The van der Waals surface area contributed by atoms with E-state index in [1.807, 2.05) is 0 Å². The van der Waals surface area contributed by atoms with Gasteiger partial charge in [0.15, 0.2) is 0 Å². The average molecular weight is 350 g/mol. The number of aryl methyl sites for hydroxylation is 1. The molecular weight excluding hydrogens is 327 g/mol. The van der Waals surface area contributed by atoms with Gasteiger partial charge in [0, 0.05) is 6.04 Å². The van der Waals surface area contributed by atoms with E-state index in [2.05, 4.69) is 91.9 Å². The predicted molar refractivity (Wildman–Crippen MR) is 111 cm³/mol. The van der Waals surface area contributed by atoms with Crippen LogP contribution in [-0.2, 0) is 18.2 Å². The van der Waals surface area contributed by atoms with E-state index in [0.717, 1.165) is 6.42 Å². The molecule has 0 aromatic heterocycles. The first-order valence-corrected chi connectivity index (χ1v) is 11.4. The third kappa shape index (κ3) is 3.38. The van der Waals surface area contributed by atoms with Gasteiger partial charge in [0.1, 0.15) is 0 Å². The maximum absolute atomic E-state index is 6.45. The van der Waals surface area contributed by atoms with Gasteiger partial charge in [-0.1, -0.05) is 110 Å². The van der Waals surface area contributed by atoms with Gasteiger partial charge in [-0.05, 0) is 34.3 Å². The first kappa shape index (κ1) is 17.1. The van der Waals surface area contributed by atoms with Gasteiger partial charge in [-0.3, -0.25) is 0 Å². The van der Waals surface area contributed by atoms with Gasteiger partial charge in [0.05, 0.1) is 0 Å². The summed E-state index contributed by atoms with van der Waals surface area (Å²) in [5, 5.41) is 3.90. The van der Waals surface area contributed by atoms with Crippen LogP contribution in [0, 0.1) is 0 Å². The smallest absolute Gasteiger partial charge is 0.0382 e. The third-order valence-electron chi connectivity index (χ3n) is 4.37. The van der Waals surface area contributed by atoms with Crippen molar-refractivity contribution in [3.8, 4) is 0 Å². The van der Waals surface area contributed by atoms with Crippen LogP contribution < -0.4 is 15.9 Å². The fraction of sp³-hybridized carbons (Fsp3) is 0.182. The van der Waals surface area contributed by atoms with Crippen LogP contribution >= 0.6 is 6.04 Å². The van der Waals surface area contributed by atoms with Crippen molar-refractivity contribution in [2.75, 3.05) is 0 Å². The van der Waals surface area contributed by atoms with Crippen molar-refractivity contribution in [3.63, 3.8) is 0 Å². The van der Waals surface area contributed by atoms with Crippen molar-refractivity contribution in [3.05, 3.63) is 90.5 Å². The highest BCUT2D eigenvalue weighted by atomic mass is 32.4. The molecule has 2 heteroatoms. The molecule has 3 aromatic rings. The lowest BCUT2D eigenvalue weighted by molar-refractivity contribution is 0.798. The van der Waals surface area contributed by atoms with E-state index in [9.17, 15) is 0 Å². The quantitative estimate of drug-likeness (QED) is 0.576. The van der Waals surface area contributed by atoms with E-state index >= 15 is 0 Å². The first-order chi connectivity index (χ1) is 11.8. The minimum absolute atomic E-state index is 1.10. The van der Waals surface area contributed by atoms with E-state index in [1.54, 1.807) is 0 Å². The summed E-state index contributed by atoms with van der Waals surface area (Å²) < 4.78 is 0. The second-order valence-corrected chi connectivity index (χ2v) is 10.4. The largest absolute Gasteiger partial charge is 0.0826 e. The summed E-state index contributed by atoms with van der Waals surface area (Å²) in [7, 11) is 0. The van der Waals surface area contributed by atoms with Crippen molar-refractivity contribution >= 4 is 33.8 Å². The standard InChI is InChI=1S/C22H23PS/c1-2-3-12-19-13-10-11-18-22(19)23(24,20-14-6-4-7-15-20)21-16-8-5-9-17-21/h4-11,13-18H,2-3,12H2,1H3. The molecule has 3 aromatic carbocycles. The number of unbranched alkanes of at least 4 members (excludes halogenated alkanes) is 1. The Hall–Kier alpha value is -1.69. The van der Waals surface area contributed by atoms with Crippen molar-refractivity contribution in [2.24, 2.45) is 0 Å². The highest BCUT2D eigenvalue weighted by Gasteiger charge is 2.26. The van der Waals surface area contributed by atoms with Gasteiger partial charge < -0.3 is 0 Å². The lowest BCUT2D eigenvalue weighted by atomic mass is 10.1. The molecule has 0 aliphatic heterocycles. The van der Waals surface area contributed by atoms with Gasteiger partial charge in [-0.15, -0.1) is 0 Å². The molecule has 0 bridgehead atoms. The Balaban J connectivity index is 2.23. The van der Waals surface area contributed by atoms with E-state index in [1.165, 1.54) is 34.3 Å². The molecule has 0 aliphatic rings. The number of hydrogen-bond donors (Lipinski definition) is 0. The normalized spacial score (nSPS) is 11.4. The molecule has 0 spiro atoms. The van der Waals surface area contributed by atoms with E-state index < -0.39 is 6.04 Å². The predicted octanol–water partition coefficient (Wildman–Crippen LogP) is 4.79. The summed E-state index contributed by atoms with van der Waals surface area (Å²) in [6.07, 6.45) is 3.51.